The fourth-order valence-corrected chi connectivity index (χ4v) is 6.72. The standard InChI is InChI=1S/C28H28ClFN6O4/c1-14-22(27-6-9-28(10-7-27,11-8-27)26-32-16(3)40-35-26)34-23-18(12-17(30)13-36(23)24(14)37)15(2)31-19-4-5-20(29)33-21(19)25(38)39/h4-5,12-13,15,31H,6-11H2,1-3H3,(H,38,39)/t15-,27?,28?/m1/s1. The van der Waals surface area contributed by atoms with Crippen molar-refractivity contribution in [2.24, 2.45) is 0 Å². The van der Waals surface area contributed by atoms with Crippen LogP contribution >= 0.6 is 11.6 Å². The molecule has 0 aliphatic heterocycles. The molecule has 1 atom stereocenters. The van der Waals surface area contributed by atoms with E-state index in [-0.39, 0.29) is 32.9 Å². The van der Waals surface area contributed by atoms with Crippen LogP contribution in [0, 0.1) is 19.7 Å². The summed E-state index contributed by atoms with van der Waals surface area (Å²) in [6.07, 6.45) is 6.21. The monoisotopic (exact) mass is 566 g/mol. The van der Waals surface area contributed by atoms with Crippen molar-refractivity contribution >= 4 is 28.9 Å². The lowest BCUT2D eigenvalue weighted by Crippen LogP contribution is -2.48. The van der Waals surface area contributed by atoms with Gasteiger partial charge in [0.1, 0.15) is 16.6 Å². The number of aromatic carboxylic acids is 1. The molecule has 0 radical (unpaired) electrons. The molecule has 2 N–H and O–H groups in total. The molecule has 0 amide bonds. The Balaban J connectivity index is 1.41. The number of carboxylic acids is 1. The Morgan fingerprint density at radius 2 is 1.80 bits per heavy atom. The number of aromatic nitrogens is 5. The van der Waals surface area contributed by atoms with E-state index in [0.29, 0.717) is 22.7 Å². The highest BCUT2D eigenvalue weighted by atomic mass is 35.5. The van der Waals surface area contributed by atoms with Gasteiger partial charge < -0.3 is 14.9 Å². The summed E-state index contributed by atoms with van der Waals surface area (Å²) in [6, 6.07) is 3.69. The highest BCUT2D eigenvalue weighted by molar-refractivity contribution is 6.29. The van der Waals surface area contributed by atoms with Gasteiger partial charge in [-0.2, -0.15) is 4.98 Å². The number of carboxylic acid groups (broad SMARTS) is 1. The maximum Gasteiger partial charge on any atom is 0.356 e. The van der Waals surface area contributed by atoms with Crippen molar-refractivity contribution < 1.29 is 18.8 Å². The van der Waals surface area contributed by atoms with Gasteiger partial charge in [-0.15, -0.1) is 0 Å². The molecule has 2 bridgehead atoms. The summed E-state index contributed by atoms with van der Waals surface area (Å²) in [4.78, 5) is 38.9. The summed E-state index contributed by atoms with van der Waals surface area (Å²) in [7, 11) is 0. The first kappa shape index (κ1) is 26.4. The van der Waals surface area contributed by atoms with Crippen LogP contribution in [0.25, 0.3) is 5.65 Å². The molecule has 0 aromatic carbocycles. The maximum absolute atomic E-state index is 14.8. The first-order valence-electron chi connectivity index (χ1n) is 13.2. The van der Waals surface area contributed by atoms with E-state index in [1.165, 1.54) is 22.6 Å². The molecular formula is C28H28ClFN6O4. The maximum atomic E-state index is 14.8. The van der Waals surface area contributed by atoms with Crippen molar-refractivity contribution in [1.29, 1.82) is 0 Å². The lowest BCUT2D eigenvalue weighted by atomic mass is 9.52. The van der Waals surface area contributed by atoms with Crippen molar-refractivity contribution in [3.8, 4) is 0 Å². The number of carbonyl (C=O) groups is 1. The molecule has 4 aromatic heterocycles. The van der Waals surface area contributed by atoms with Crippen molar-refractivity contribution in [3.05, 3.63) is 79.9 Å². The van der Waals surface area contributed by atoms with Gasteiger partial charge in [-0.3, -0.25) is 9.20 Å². The summed E-state index contributed by atoms with van der Waals surface area (Å²) in [5.74, 6) is -0.543. The molecule has 3 aliphatic rings. The third-order valence-electron chi connectivity index (χ3n) is 8.80. The quantitative estimate of drug-likeness (QED) is 0.298. The van der Waals surface area contributed by atoms with Crippen LogP contribution in [0.5, 0.6) is 0 Å². The number of hydrogen-bond donors (Lipinski definition) is 2. The van der Waals surface area contributed by atoms with E-state index in [2.05, 4.69) is 20.4 Å². The zero-order valence-electron chi connectivity index (χ0n) is 22.3. The number of nitrogens with zero attached hydrogens (tertiary/aromatic N) is 5. The van der Waals surface area contributed by atoms with E-state index < -0.39 is 17.8 Å². The van der Waals surface area contributed by atoms with E-state index in [9.17, 15) is 19.1 Å². The first-order valence-corrected chi connectivity index (χ1v) is 13.6. The summed E-state index contributed by atoms with van der Waals surface area (Å²) in [6.45, 7) is 5.30. The van der Waals surface area contributed by atoms with Crippen molar-refractivity contribution in [3.63, 3.8) is 0 Å². The largest absolute Gasteiger partial charge is 0.476 e. The molecule has 3 saturated carbocycles. The second kappa shape index (κ2) is 9.36. The SMILES string of the molecule is Cc1nc(C23CCC(c4nc5c([C@@H](C)Nc6ccc(Cl)nc6C(=O)O)cc(F)cn5c(=O)c4C)(CC2)CC3)no1. The van der Waals surface area contributed by atoms with Gasteiger partial charge in [-0.1, -0.05) is 16.8 Å². The van der Waals surface area contributed by atoms with E-state index in [1.54, 1.807) is 20.8 Å². The van der Waals surface area contributed by atoms with Gasteiger partial charge in [0, 0.05) is 35.1 Å². The number of halogens is 2. The smallest absolute Gasteiger partial charge is 0.356 e. The van der Waals surface area contributed by atoms with E-state index in [0.717, 1.165) is 56.2 Å². The first-order chi connectivity index (χ1) is 19.0. The van der Waals surface area contributed by atoms with Gasteiger partial charge in [0.15, 0.2) is 11.5 Å². The summed E-state index contributed by atoms with van der Waals surface area (Å²) >= 11 is 5.90. The van der Waals surface area contributed by atoms with Gasteiger partial charge >= 0.3 is 5.97 Å². The van der Waals surface area contributed by atoms with Crippen LogP contribution in [-0.4, -0.2) is 35.6 Å². The van der Waals surface area contributed by atoms with E-state index >= 15 is 0 Å². The van der Waals surface area contributed by atoms with E-state index in [4.69, 9.17) is 21.1 Å². The van der Waals surface area contributed by atoms with Crippen LogP contribution in [0.2, 0.25) is 5.15 Å². The van der Waals surface area contributed by atoms with Gasteiger partial charge in [0.05, 0.1) is 17.4 Å². The average Bonchev–Trinajstić information content (AvgIpc) is 3.39. The van der Waals surface area contributed by atoms with Crippen molar-refractivity contribution in [1.82, 2.24) is 24.5 Å². The van der Waals surface area contributed by atoms with Gasteiger partial charge in [0.25, 0.3) is 5.56 Å². The number of pyridine rings is 2. The number of anilines is 1. The van der Waals surface area contributed by atoms with Crippen LogP contribution < -0.4 is 10.9 Å². The minimum Gasteiger partial charge on any atom is -0.476 e. The predicted octanol–water partition coefficient (Wildman–Crippen LogP) is 5.30. The summed E-state index contributed by atoms with van der Waals surface area (Å²) in [5.41, 5.74) is 1.23. The third-order valence-corrected chi connectivity index (χ3v) is 9.01. The van der Waals surface area contributed by atoms with Crippen LogP contribution in [0.15, 0.2) is 33.7 Å². The topological polar surface area (TPSA) is 136 Å². The Hall–Kier alpha value is -3.86. The fraction of sp³-hybridized carbons (Fsp3) is 0.429. The number of hydrogen-bond acceptors (Lipinski definition) is 8. The highest BCUT2D eigenvalue weighted by Gasteiger charge is 2.53. The summed E-state index contributed by atoms with van der Waals surface area (Å²) in [5, 5.41) is 17.0. The van der Waals surface area contributed by atoms with Crippen molar-refractivity contribution in [2.75, 3.05) is 5.32 Å². The molecule has 0 saturated heterocycles. The molecule has 0 unspecified atom stereocenters. The predicted molar refractivity (Wildman–Crippen MR) is 144 cm³/mol. The van der Waals surface area contributed by atoms with Crippen molar-refractivity contribution in [2.45, 2.75) is 76.2 Å². The zero-order valence-corrected chi connectivity index (χ0v) is 23.0. The second-order valence-electron chi connectivity index (χ2n) is 11.1. The van der Waals surface area contributed by atoms with Gasteiger partial charge in [0.2, 0.25) is 5.89 Å². The van der Waals surface area contributed by atoms with Crippen LogP contribution in [-0.2, 0) is 10.8 Å². The van der Waals surface area contributed by atoms with Crippen LogP contribution in [0.4, 0.5) is 10.1 Å². The molecule has 208 valence electrons. The Bertz CT molecular complexity index is 1710. The lowest BCUT2D eigenvalue weighted by Gasteiger charge is -2.52. The molecule has 10 nitrogen and oxygen atoms in total. The molecule has 7 rings (SSSR count). The normalized spacial score (nSPS) is 22.9. The lowest BCUT2D eigenvalue weighted by molar-refractivity contribution is 0.0691. The van der Waals surface area contributed by atoms with E-state index in [1.807, 2.05) is 0 Å². The Kier molecular flexibility index (Phi) is 6.17. The molecular weight excluding hydrogens is 539 g/mol. The number of aryl methyl sites for hydroxylation is 1. The number of rotatable bonds is 6. The fourth-order valence-electron chi connectivity index (χ4n) is 6.57. The number of fused-ring (bicyclic) bond motifs is 4. The molecule has 3 fully saturated rings. The zero-order chi connectivity index (χ0) is 28.4. The van der Waals surface area contributed by atoms with Crippen LogP contribution in [0.1, 0.15) is 90.5 Å². The molecule has 3 aliphatic carbocycles. The number of nitrogens with one attached hydrogen (secondary N) is 1. The van der Waals surface area contributed by atoms with Gasteiger partial charge in [-0.05, 0) is 70.6 Å². The summed E-state index contributed by atoms with van der Waals surface area (Å²) < 4.78 is 21.3. The molecule has 40 heavy (non-hydrogen) atoms. The molecule has 4 heterocycles. The Labute approximate surface area is 233 Å². The third kappa shape index (κ3) is 4.14. The molecule has 0 spiro atoms. The van der Waals surface area contributed by atoms with Gasteiger partial charge in [-0.25, -0.2) is 19.2 Å². The Morgan fingerprint density at radius 1 is 1.12 bits per heavy atom. The minimum atomic E-state index is -1.26. The Morgan fingerprint density at radius 3 is 2.42 bits per heavy atom. The second-order valence-corrected chi connectivity index (χ2v) is 11.5. The molecule has 4 aromatic rings. The molecule has 12 heteroatoms. The van der Waals surface area contributed by atoms with Crippen LogP contribution in [0.3, 0.4) is 0 Å². The average molecular weight is 567 g/mol. The highest BCUT2D eigenvalue weighted by Crippen LogP contribution is 2.58. The minimum absolute atomic E-state index is 0.0397.